The average Bonchev–Trinajstić information content (AvgIpc) is 3.13. The summed E-state index contributed by atoms with van der Waals surface area (Å²) < 4.78 is 13.6. The molecule has 0 atom stereocenters. The maximum Gasteiger partial charge on any atom is 0.274 e. The molecule has 0 radical (unpaired) electrons. The molecule has 0 aliphatic rings. The van der Waals surface area contributed by atoms with E-state index in [4.69, 9.17) is 5.26 Å². The molecular formula is C22H16FN5O. The van der Waals surface area contributed by atoms with Crippen molar-refractivity contribution in [2.75, 3.05) is 5.32 Å². The molecule has 7 heteroatoms. The molecule has 0 saturated carbocycles. The summed E-state index contributed by atoms with van der Waals surface area (Å²) in [7, 11) is 0. The van der Waals surface area contributed by atoms with Crippen LogP contribution in [-0.2, 0) is 0 Å². The monoisotopic (exact) mass is 385 g/mol. The molecule has 4 rings (SSSR count). The van der Waals surface area contributed by atoms with Crippen LogP contribution in [0.5, 0.6) is 0 Å². The third kappa shape index (κ3) is 3.44. The molecule has 2 aromatic heterocycles. The summed E-state index contributed by atoms with van der Waals surface area (Å²) in [6.45, 7) is 3.43. The highest BCUT2D eigenvalue weighted by Gasteiger charge is 2.14. The van der Waals surface area contributed by atoms with Crippen molar-refractivity contribution in [1.29, 1.82) is 5.26 Å². The SMILES string of the molecule is Cc1cc(-c2n[nH]c3ccc(NC(=O)c4ncc(C#N)cc4C)cc23)ccc1F. The van der Waals surface area contributed by atoms with Crippen LogP contribution in [0.25, 0.3) is 22.2 Å². The number of nitriles is 1. The van der Waals surface area contributed by atoms with Gasteiger partial charge in [0.05, 0.1) is 16.8 Å². The molecular weight excluding hydrogens is 369 g/mol. The first-order valence-corrected chi connectivity index (χ1v) is 8.89. The zero-order valence-corrected chi connectivity index (χ0v) is 15.7. The predicted octanol–water partition coefficient (Wildman–Crippen LogP) is 4.50. The van der Waals surface area contributed by atoms with Crippen LogP contribution < -0.4 is 5.32 Å². The van der Waals surface area contributed by atoms with Crippen LogP contribution in [0.3, 0.4) is 0 Å². The summed E-state index contributed by atoms with van der Waals surface area (Å²) >= 11 is 0. The number of carbonyl (C=O) groups excluding carboxylic acids is 1. The number of H-pyrrole nitrogens is 1. The lowest BCUT2D eigenvalue weighted by Gasteiger charge is -2.08. The second-order valence-corrected chi connectivity index (χ2v) is 6.75. The van der Waals surface area contributed by atoms with Gasteiger partial charge in [-0.2, -0.15) is 10.4 Å². The highest BCUT2D eigenvalue weighted by atomic mass is 19.1. The fourth-order valence-electron chi connectivity index (χ4n) is 3.17. The zero-order valence-electron chi connectivity index (χ0n) is 15.7. The number of aromatic nitrogens is 3. The number of aromatic amines is 1. The van der Waals surface area contributed by atoms with Gasteiger partial charge in [-0.15, -0.1) is 0 Å². The van der Waals surface area contributed by atoms with Gasteiger partial charge in [0.2, 0.25) is 0 Å². The minimum Gasteiger partial charge on any atom is -0.321 e. The topological polar surface area (TPSA) is 94.5 Å². The summed E-state index contributed by atoms with van der Waals surface area (Å²) in [6.07, 6.45) is 1.37. The lowest BCUT2D eigenvalue weighted by atomic mass is 10.0. The van der Waals surface area contributed by atoms with Gasteiger partial charge in [-0.05, 0) is 67.4 Å². The molecule has 6 nitrogen and oxygen atoms in total. The number of benzene rings is 2. The van der Waals surface area contributed by atoms with Gasteiger partial charge in [0.1, 0.15) is 17.6 Å². The number of hydrogen-bond donors (Lipinski definition) is 2. The molecule has 142 valence electrons. The molecule has 2 heterocycles. The third-order valence-electron chi connectivity index (χ3n) is 4.67. The normalized spacial score (nSPS) is 10.7. The zero-order chi connectivity index (χ0) is 20.5. The minimum atomic E-state index is -0.367. The number of halogens is 1. The Labute approximate surface area is 166 Å². The fraction of sp³-hybridized carbons (Fsp3) is 0.0909. The first kappa shape index (κ1) is 18.3. The molecule has 0 bridgehead atoms. The number of aryl methyl sites for hydroxylation is 2. The maximum absolute atomic E-state index is 13.6. The van der Waals surface area contributed by atoms with Crippen LogP contribution in [0.1, 0.15) is 27.2 Å². The molecule has 0 fully saturated rings. The highest BCUT2D eigenvalue weighted by Crippen LogP contribution is 2.29. The maximum atomic E-state index is 13.6. The summed E-state index contributed by atoms with van der Waals surface area (Å²) in [5.41, 5.74) is 4.64. The van der Waals surface area contributed by atoms with Crippen LogP contribution in [0.15, 0.2) is 48.7 Å². The van der Waals surface area contributed by atoms with Crippen LogP contribution in [-0.4, -0.2) is 21.1 Å². The van der Waals surface area contributed by atoms with E-state index in [2.05, 4.69) is 20.5 Å². The number of nitrogens with one attached hydrogen (secondary N) is 2. The number of hydrogen-bond acceptors (Lipinski definition) is 4. The van der Waals surface area contributed by atoms with Crippen molar-refractivity contribution in [3.63, 3.8) is 0 Å². The average molecular weight is 385 g/mol. The molecule has 2 N–H and O–H groups in total. The highest BCUT2D eigenvalue weighted by molar-refractivity contribution is 6.05. The van der Waals surface area contributed by atoms with Crippen LogP contribution in [0.2, 0.25) is 0 Å². The molecule has 1 amide bonds. The van der Waals surface area contributed by atoms with Gasteiger partial charge in [-0.3, -0.25) is 9.89 Å². The van der Waals surface area contributed by atoms with Crippen molar-refractivity contribution >= 4 is 22.5 Å². The van der Waals surface area contributed by atoms with Crippen molar-refractivity contribution < 1.29 is 9.18 Å². The molecule has 0 unspecified atom stereocenters. The number of fused-ring (bicyclic) bond motifs is 1. The lowest BCUT2D eigenvalue weighted by molar-refractivity contribution is 0.102. The Bertz CT molecular complexity index is 1300. The van der Waals surface area contributed by atoms with E-state index in [0.717, 1.165) is 16.5 Å². The quantitative estimate of drug-likeness (QED) is 0.543. The van der Waals surface area contributed by atoms with Gasteiger partial charge < -0.3 is 5.32 Å². The number of rotatable bonds is 3. The Morgan fingerprint density at radius 2 is 1.97 bits per heavy atom. The first-order chi connectivity index (χ1) is 14.0. The number of nitrogens with zero attached hydrogens (tertiary/aromatic N) is 3. The van der Waals surface area contributed by atoms with Crippen LogP contribution in [0.4, 0.5) is 10.1 Å². The third-order valence-corrected chi connectivity index (χ3v) is 4.67. The van der Waals surface area contributed by atoms with Crippen molar-refractivity contribution in [3.8, 4) is 17.3 Å². The molecule has 29 heavy (non-hydrogen) atoms. The summed E-state index contributed by atoms with van der Waals surface area (Å²) in [5, 5.41) is 19.9. The molecule has 0 saturated heterocycles. The van der Waals surface area contributed by atoms with Crippen LogP contribution in [0, 0.1) is 31.0 Å². The first-order valence-electron chi connectivity index (χ1n) is 8.89. The number of anilines is 1. The van der Waals surface area contributed by atoms with Crippen molar-refractivity contribution in [2.45, 2.75) is 13.8 Å². The molecule has 0 spiro atoms. The van der Waals surface area contributed by atoms with E-state index in [1.807, 2.05) is 18.2 Å². The smallest absolute Gasteiger partial charge is 0.274 e. The lowest BCUT2D eigenvalue weighted by Crippen LogP contribution is -2.15. The van der Waals surface area contributed by atoms with E-state index in [0.29, 0.717) is 28.1 Å². The summed E-state index contributed by atoms with van der Waals surface area (Å²) in [5.74, 6) is -0.638. The van der Waals surface area contributed by atoms with Crippen LogP contribution >= 0.6 is 0 Å². The molecule has 0 aliphatic heterocycles. The van der Waals surface area contributed by atoms with Crippen molar-refractivity contribution in [2.24, 2.45) is 0 Å². The number of pyridine rings is 1. The van der Waals surface area contributed by atoms with E-state index in [-0.39, 0.29) is 17.4 Å². The van der Waals surface area contributed by atoms with Crippen molar-refractivity contribution in [3.05, 3.63) is 76.9 Å². The number of amides is 1. The Morgan fingerprint density at radius 3 is 2.69 bits per heavy atom. The van der Waals surface area contributed by atoms with Gasteiger partial charge in [0, 0.05) is 22.8 Å². The van der Waals surface area contributed by atoms with E-state index in [1.54, 1.807) is 38.1 Å². The standard InChI is InChI=1S/C22H16FN5O/c1-12-8-15(3-5-18(12)23)21-17-9-16(4-6-19(17)27-28-21)26-22(29)20-13(2)7-14(10-24)11-25-20/h3-9,11H,1-2H3,(H,26,29)(H,27,28). The van der Waals surface area contributed by atoms with Gasteiger partial charge in [-0.1, -0.05) is 0 Å². The predicted molar refractivity (Wildman–Crippen MR) is 108 cm³/mol. The Morgan fingerprint density at radius 1 is 1.14 bits per heavy atom. The summed E-state index contributed by atoms with van der Waals surface area (Å²) in [6, 6.07) is 13.8. The number of carbonyl (C=O) groups is 1. The second kappa shape index (κ2) is 7.17. The Balaban J connectivity index is 1.68. The largest absolute Gasteiger partial charge is 0.321 e. The van der Waals surface area contributed by atoms with Gasteiger partial charge in [0.25, 0.3) is 5.91 Å². The van der Waals surface area contributed by atoms with Gasteiger partial charge in [-0.25, -0.2) is 9.37 Å². The summed E-state index contributed by atoms with van der Waals surface area (Å²) in [4.78, 5) is 16.7. The Hall–Kier alpha value is -4.05. The van der Waals surface area contributed by atoms with E-state index < -0.39 is 0 Å². The van der Waals surface area contributed by atoms with Crippen molar-refractivity contribution in [1.82, 2.24) is 15.2 Å². The Kier molecular flexibility index (Phi) is 4.53. The van der Waals surface area contributed by atoms with Gasteiger partial charge in [0.15, 0.2) is 0 Å². The van der Waals surface area contributed by atoms with E-state index in [1.165, 1.54) is 12.3 Å². The van der Waals surface area contributed by atoms with Gasteiger partial charge >= 0.3 is 0 Å². The fourth-order valence-corrected chi connectivity index (χ4v) is 3.17. The molecule has 2 aromatic carbocycles. The van der Waals surface area contributed by atoms with E-state index >= 15 is 0 Å². The van der Waals surface area contributed by atoms with E-state index in [9.17, 15) is 9.18 Å². The molecule has 4 aromatic rings. The molecule has 0 aliphatic carbocycles. The minimum absolute atomic E-state index is 0.255. The second-order valence-electron chi connectivity index (χ2n) is 6.75.